The van der Waals surface area contributed by atoms with Crippen LogP contribution < -0.4 is 5.46 Å². The van der Waals surface area contributed by atoms with Crippen molar-refractivity contribution >= 4 is 18.9 Å². The lowest BCUT2D eigenvalue weighted by Gasteiger charge is -2.10. The highest BCUT2D eigenvalue weighted by Crippen LogP contribution is 2.21. The van der Waals surface area contributed by atoms with Crippen molar-refractivity contribution in [3.63, 3.8) is 0 Å². The van der Waals surface area contributed by atoms with Crippen LogP contribution in [0.15, 0.2) is 42.5 Å². The lowest BCUT2D eigenvalue weighted by Crippen LogP contribution is -2.32. The standard InChI is InChI=1S/C13H10BFO3/c15-12-3-1-2-11(14(17)18)13(12)10-6-4-9(8-16)5-7-10/h1-8,17-18H. The maximum Gasteiger partial charge on any atom is 0.489 e. The Balaban J connectivity index is 2.58. The molecule has 0 amide bonds. The number of carbonyl (C=O) groups is 1. The van der Waals surface area contributed by atoms with Gasteiger partial charge < -0.3 is 10.0 Å². The monoisotopic (exact) mass is 244 g/mol. The van der Waals surface area contributed by atoms with Gasteiger partial charge in [0.2, 0.25) is 0 Å². The van der Waals surface area contributed by atoms with E-state index in [4.69, 9.17) is 0 Å². The number of hydrogen-bond donors (Lipinski definition) is 2. The highest BCUT2D eigenvalue weighted by Gasteiger charge is 2.19. The molecule has 0 radical (unpaired) electrons. The van der Waals surface area contributed by atoms with Gasteiger partial charge in [-0.3, -0.25) is 4.79 Å². The molecule has 2 aromatic carbocycles. The van der Waals surface area contributed by atoms with Gasteiger partial charge in [0.15, 0.2) is 0 Å². The minimum atomic E-state index is -1.75. The molecule has 2 aromatic rings. The van der Waals surface area contributed by atoms with Crippen molar-refractivity contribution in [2.45, 2.75) is 0 Å². The minimum Gasteiger partial charge on any atom is -0.423 e. The first kappa shape index (κ1) is 12.5. The van der Waals surface area contributed by atoms with Crippen molar-refractivity contribution in [2.24, 2.45) is 0 Å². The molecule has 0 spiro atoms. The van der Waals surface area contributed by atoms with Crippen LogP contribution in [0.5, 0.6) is 0 Å². The normalized spacial score (nSPS) is 10.2. The van der Waals surface area contributed by atoms with Crippen molar-refractivity contribution in [3.8, 4) is 11.1 Å². The largest absolute Gasteiger partial charge is 0.489 e. The van der Waals surface area contributed by atoms with Gasteiger partial charge in [0.1, 0.15) is 12.1 Å². The molecule has 3 nitrogen and oxygen atoms in total. The van der Waals surface area contributed by atoms with Crippen LogP contribution in [0.1, 0.15) is 10.4 Å². The predicted molar refractivity (Wildman–Crippen MR) is 67.0 cm³/mol. The van der Waals surface area contributed by atoms with Crippen LogP contribution in [-0.4, -0.2) is 23.5 Å². The molecule has 0 aliphatic heterocycles. The highest BCUT2D eigenvalue weighted by atomic mass is 19.1. The molecule has 0 unspecified atom stereocenters. The number of hydrogen-bond acceptors (Lipinski definition) is 3. The van der Waals surface area contributed by atoms with E-state index in [0.29, 0.717) is 17.4 Å². The maximum atomic E-state index is 13.8. The van der Waals surface area contributed by atoms with Gasteiger partial charge in [0.05, 0.1) is 0 Å². The molecule has 0 saturated heterocycles. The van der Waals surface area contributed by atoms with E-state index < -0.39 is 12.9 Å². The fourth-order valence-corrected chi connectivity index (χ4v) is 1.79. The molecule has 0 fully saturated rings. The summed E-state index contributed by atoms with van der Waals surface area (Å²) in [7, 11) is -1.75. The SMILES string of the molecule is O=Cc1ccc(-c2c(F)cccc2B(O)O)cc1. The van der Waals surface area contributed by atoms with Crippen LogP contribution in [-0.2, 0) is 0 Å². The summed E-state index contributed by atoms with van der Waals surface area (Å²) in [4.78, 5) is 10.5. The molecule has 18 heavy (non-hydrogen) atoms. The number of benzene rings is 2. The highest BCUT2D eigenvalue weighted by molar-refractivity contribution is 6.60. The molecule has 0 atom stereocenters. The zero-order valence-corrected chi connectivity index (χ0v) is 9.38. The van der Waals surface area contributed by atoms with Crippen LogP contribution in [0.2, 0.25) is 0 Å². The van der Waals surface area contributed by atoms with Gasteiger partial charge in [-0.2, -0.15) is 0 Å². The number of carbonyl (C=O) groups excluding carboxylic acids is 1. The van der Waals surface area contributed by atoms with E-state index in [0.717, 1.165) is 0 Å². The Labute approximate surface area is 104 Å². The Morgan fingerprint density at radius 3 is 2.28 bits per heavy atom. The van der Waals surface area contributed by atoms with Gasteiger partial charge in [-0.05, 0) is 17.1 Å². The van der Waals surface area contributed by atoms with Gasteiger partial charge in [0.25, 0.3) is 0 Å². The Kier molecular flexibility index (Phi) is 3.55. The van der Waals surface area contributed by atoms with E-state index in [-0.39, 0.29) is 11.0 Å². The summed E-state index contributed by atoms with van der Waals surface area (Å²) >= 11 is 0. The van der Waals surface area contributed by atoms with Crippen LogP contribution >= 0.6 is 0 Å². The third-order valence-corrected chi connectivity index (χ3v) is 2.66. The van der Waals surface area contributed by atoms with Crippen molar-refractivity contribution in [1.82, 2.24) is 0 Å². The summed E-state index contributed by atoms with van der Waals surface area (Å²) in [6.07, 6.45) is 0.687. The fourth-order valence-electron chi connectivity index (χ4n) is 1.79. The van der Waals surface area contributed by atoms with E-state index in [2.05, 4.69) is 0 Å². The molecule has 0 bridgehead atoms. The number of aldehydes is 1. The molecule has 0 saturated carbocycles. The summed E-state index contributed by atoms with van der Waals surface area (Å²) in [5, 5.41) is 18.4. The molecular formula is C13H10BFO3. The molecule has 90 valence electrons. The van der Waals surface area contributed by atoms with Crippen molar-refractivity contribution < 1.29 is 19.2 Å². The second kappa shape index (κ2) is 5.12. The van der Waals surface area contributed by atoms with E-state index in [1.165, 1.54) is 18.2 Å². The van der Waals surface area contributed by atoms with Crippen LogP contribution in [0.25, 0.3) is 11.1 Å². The zero-order valence-electron chi connectivity index (χ0n) is 9.38. The first-order chi connectivity index (χ1) is 8.63. The van der Waals surface area contributed by atoms with Gasteiger partial charge in [-0.25, -0.2) is 4.39 Å². The summed E-state index contributed by atoms with van der Waals surface area (Å²) in [5.74, 6) is -0.542. The van der Waals surface area contributed by atoms with E-state index >= 15 is 0 Å². The third-order valence-electron chi connectivity index (χ3n) is 2.66. The second-order valence-electron chi connectivity index (χ2n) is 3.82. The molecule has 0 aliphatic rings. The van der Waals surface area contributed by atoms with E-state index in [1.807, 2.05) is 0 Å². The van der Waals surface area contributed by atoms with Gasteiger partial charge in [-0.15, -0.1) is 0 Å². The Morgan fingerprint density at radius 2 is 1.72 bits per heavy atom. The van der Waals surface area contributed by atoms with Gasteiger partial charge in [0, 0.05) is 11.1 Å². The molecule has 0 heterocycles. The molecule has 2 rings (SSSR count). The topological polar surface area (TPSA) is 57.5 Å². The van der Waals surface area contributed by atoms with Crippen molar-refractivity contribution in [2.75, 3.05) is 0 Å². The molecule has 2 N–H and O–H groups in total. The average molecular weight is 244 g/mol. The zero-order chi connectivity index (χ0) is 13.1. The van der Waals surface area contributed by atoms with Crippen LogP contribution in [0, 0.1) is 5.82 Å². The van der Waals surface area contributed by atoms with E-state index in [1.54, 1.807) is 24.3 Å². The van der Waals surface area contributed by atoms with Gasteiger partial charge >= 0.3 is 7.12 Å². The van der Waals surface area contributed by atoms with Gasteiger partial charge in [-0.1, -0.05) is 36.4 Å². The Bertz CT molecular complexity index is 567. The quantitative estimate of drug-likeness (QED) is 0.625. The number of halogens is 1. The molecule has 0 aromatic heterocycles. The first-order valence-electron chi connectivity index (χ1n) is 5.33. The van der Waals surface area contributed by atoms with Crippen molar-refractivity contribution in [3.05, 3.63) is 53.8 Å². The molecule has 0 aliphatic carbocycles. The fraction of sp³-hybridized carbons (Fsp3) is 0. The lowest BCUT2D eigenvalue weighted by molar-refractivity contribution is 0.112. The molecule has 5 heteroatoms. The minimum absolute atomic E-state index is 0.0915. The van der Waals surface area contributed by atoms with Crippen molar-refractivity contribution in [1.29, 1.82) is 0 Å². The summed E-state index contributed by atoms with van der Waals surface area (Å²) in [6, 6.07) is 10.3. The number of rotatable bonds is 3. The Morgan fingerprint density at radius 1 is 1.06 bits per heavy atom. The maximum absolute atomic E-state index is 13.8. The third kappa shape index (κ3) is 2.32. The lowest BCUT2D eigenvalue weighted by atomic mass is 9.75. The smallest absolute Gasteiger partial charge is 0.423 e. The van der Waals surface area contributed by atoms with Crippen LogP contribution in [0.3, 0.4) is 0 Å². The summed E-state index contributed by atoms with van der Waals surface area (Å²) in [6.45, 7) is 0. The van der Waals surface area contributed by atoms with E-state index in [9.17, 15) is 19.2 Å². The average Bonchev–Trinajstić information content (AvgIpc) is 2.38. The summed E-state index contributed by atoms with van der Waals surface area (Å²) < 4.78 is 13.8. The molecular weight excluding hydrogens is 234 g/mol. The predicted octanol–water partition coefficient (Wildman–Crippen LogP) is 0.985. The second-order valence-corrected chi connectivity index (χ2v) is 3.82. The van der Waals surface area contributed by atoms with Crippen LogP contribution in [0.4, 0.5) is 4.39 Å². The first-order valence-corrected chi connectivity index (χ1v) is 5.33. The summed E-state index contributed by atoms with van der Waals surface area (Å²) in [5.41, 5.74) is 1.18. The Hall–Kier alpha value is -1.98.